The van der Waals surface area contributed by atoms with Gasteiger partial charge in [0, 0.05) is 30.5 Å². The molecule has 0 spiro atoms. The number of amides is 1. The van der Waals surface area contributed by atoms with Gasteiger partial charge < -0.3 is 10.6 Å². The fourth-order valence-corrected chi connectivity index (χ4v) is 2.60. The van der Waals surface area contributed by atoms with Gasteiger partial charge in [0.1, 0.15) is 5.82 Å². The molecule has 1 unspecified atom stereocenters. The normalized spacial score (nSPS) is 19.9. The zero-order valence-corrected chi connectivity index (χ0v) is 10.1. The molecule has 1 fully saturated rings. The summed E-state index contributed by atoms with van der Waals surface area (Å²) in [6.45, 7) is 0.931. The van der Waals surface area contributed by atoms with Crippen molar-refractivity contribution in [1.29, 1.82) is 0 Å². The lowest BCUT2D eigenvalue weighted by atomic mass is 10.2. The molecule has 0 radical (unpaired) electrons. The minimum absolute atomic E-state index is 0.136. The largest absolute Gasteiger partial charge is 0.312 e. The highest BCUT2D eigenvalue weighted by molar-refractivity contribution is 7.99. The summed E-state index contributed by atoms with van der Waals surface area (Å²) >= 11 is 1.84. The summed E-state index contributed by atoms with van der Waals surface area (Å²) in [5.74, 6) is 1.56. The van der Waals surface area contributed by atoms with Crippen LogP contribution in [0.4, 0.5) is 10.2 Å². The monoisotopic (exact) mass is 255 g/mol. The summed E-state index contributed by atoms with van der Waals surface area (Å²) in [7, 11) is 0. The topological polar surface area (TPSA) is 54.0 Å². The molecule has 0 bridgehead atoms. The zero-order chi connectivity index (χ0) is 12.1. The van der Waals surface area contributed by atoms with Gasteiger partial charge in [-0.2, -0.15) is 16.2 Å². The van der Waals surface area contributed by atoms with Gasteiger partial charge in [-0.15, -0.1) is 0 Å². The van der Waals surface area contributed by atoms with E-state index in [-0.39, 0.29) is 17.8 Å². The number of thioether (sulfide) groups is 1. The van der Waals surface area contributed by atoms with Crippen molar-refractivity contribution in [2.75, 3.05) is 23.4 Å². The van der Waals surface area contributed by atoms with E-state index in [1.807, 2.05) is 11.8 Å². The minimum Gasteiger partial charge on any atom is -0.312 e. The lowest BCUT2D eigenvalue weighted by molar-refractivity contribution is -0.116. The number of aromatic nitrogens is 1. The van der Waals surface area contributed by atoms with E-state index < -0.39 is 5.95 Å². The maximum atomic E-state index is 12.8. The third kappa shape index (κ3) is 3.98. The fourth-order valence-electron chi connectivity index (χ4n) is 1.65. The summed E-state index contributed by atoms with van der Waals surface area (Å²) in [5.41, 5.74) is 0. The number of nitrogens with zero attached hydrogens (tertiary/aromatic N) is 1. The number of rotatable bonds is 3. The maximum absolute atomic E-state index is 12.8. The molecule has 2 N–H and O–H groups in total. The first-order valence-corrected chi connectivity index (χ1v) is 6.63. The third-order valence-electron chi connectivity index (χ3n) is 2.41. The minimum atomic E-state index is -0.589. The van der Waals surface area contributed by atoms with Crippen LogP contribution in [-0.2, 0) is 4.79 Å². The number of halogens is 1. The van der Waals surface area contributed by atoms with Gasteiger partial charge in [0.2, 0.25) is 11.9 Å². The number of carbonyl (C=O) groups excluding carboxylic acids is 1. The van der Waals surface area contributed by atoms with E-state index in [0.717, 1.165) is 18.1 Å². The van der Waals surface area contributed by atoms with Crippen LogP contribution in [0.3, 0.4) is 0 Å². The highest BCUT2D eigenvalue weighted by Crippen LogP contribution is 2.11. The molecule has 0 aromatic carbocycles. The Labute approximate surface area is 103 Å². The van der Waals surface area contributed by atoms with Crippen LogP contribution in [0.1, 0.15) is 6.42 Å². The van der Waals surface area contributed by atoms with Crippen LogP contribution in [0.25, 0.3) is 0 Å². The van der Waals surface area contributed by atoms with E-state index >= 15 is 0 Å². The van der Waals surface area contributed by atoms with E-state index in [9.17, 15) is 9.18 Å². The predicted molar refractivity (Wildman–Crippen MR) is 66.6 cm³/mol. The Morgan fingerprint density at radius 2 is 2.53 bits per heavy atom. The second-order valence-electron chi connectivity index (χ2n) is 3.82. The van der Waals surface area contributed by atoms with Crippen molar-refractivity contribution in [1.82, 2.24) is 10.3 Å². The third-order valence-corrected chi connectivity index (χ3v) is 3.54. The highest BCUT2D eigenvalue weighted by Gasteiger charge is 2.16. The number of pyridine rings is 1. The number of carbonyl (C=O) groups is 1. The van der Waals surface area contributed by atoms with Gasteiger partial charge in [-0.25, -0.2) is 4.98 Å². The summed E-state index contributed by atoms with van der Waals surface area (Å²) in [4.78, 5) is 15.3. The first kappa shape index (κ1) is 12.3. The molecular weight excluding hydrogens is 241 g/mol. The second-order valence-corrected chi connectivity index (χ2v) is 4.97. The van der Waals surface area contributed by atoms with Gasteiger partial charge in [-0.1, -0.05) is 6.07 Å². The average Bonchev–Trinajstić information content (AvgIpc) is 2.30. The van der Waals surface area contributed by atoms with Crippen molar-refractivity contribution in [3.63, 3.8) is 0 Å². The Balaban J connectivity index is 1.84. The molecule has 92 valence electrons. The van der Waals surface area contributed by atoms with Crippen LogP contribution in [0, 0.1) is 5.95 Å². The van der Waals surface area contributed by atoms with Crippen LogP contribution in [0.5, 0.6) is 0 Å². The van der Waals surface area contributed by atoms with Crippen molar-refractivity contribution < 1.29 is 9.18 Å². The van der Waals surface area contributed by atoms with Crippen molar-refractivity contribution in [3.05, 3.63) is 24.1 Å². The van der Waals surface area contributed by atoms with Gasteiger partial charge in [0.25, 0.3) is 0 Å². The van der Waals surface area contributed by atoms with Crippen LogP contribution in [-0.4, -0.2) is 35.0 Å². The van der Waals surface area contributed by atoms with Gasteiger partial charge in [-0.05, 0) is 12.1 Å². The first-order chi connectivity index (χ1) is 8.24. The Bertz CT molecular complexity index is 396. The molecule has 0 aliphatic carbocycles. The summed E-state index contributed by atoms with van der Waals surface area (Å²) in [6.07, 6.45) is 0.394. The van der Waals surface area contributed by atoms with E-state index in [1.165, 1.54) is 12.1 Å². The van der Waals surface area contributed by atoms with E-state index in [4.69, 9.17) is 0 Å². The Kier molecular flexibility index (Phi) is 4.33. The lowest BCUT2D eigenvalue weighted by Crippen LogP contribution is -2.39. The van der Waals surface area contributed by atoms with Gasteiger partial charge in [-0.3, -0.25) is 4.79 Å². The number of anilines is 1. The molecule has 1 atom stereocenters. The molecule has 6 heteroatoms. The second kappa shape index (κ2) is 5.97. The van der Waals surface area contributed by atoms with Crippen LogP contribution in [0.2, 0.25) is 0 Å². The van der Waals surface area contributed by atoms with Crippen molar-refractivity contribution in [2.45, 2.75) is 12.5 Å². The molecule has 4 nitrogen and oxygen atoms in total. The van der Waals surface area contributed by atoms with Gasteiger partial charge >= 0.3 is 0 Å². The molecule has 1 aromatic rings. The van der Waals surface area contributed by atoms with Crippen LogP contribution >= 0.6 is 11.8 Å². The summed E-state index contributed by atoms with van der Waals surface area (Å²) in [5, 5.41) is 5.86. The number of nitrogens with one attached hydrogen (secondary N) is 2. The van der Waals surface area contributed by atoms with Crippen molar-refractivity contribution in [2.24, 2.45) is 0 Å². The van der Waals surface area contributed by atoms with E-state index in [0.29, 0.717) is 6.42 Å². The number of hydrogen-bond acceptors (Lipinski definition) is 4. The molecular formula is C11H14FN3OS. The SMILES string of the molecule is O=C(CC1CSCCN1)Nc1cccc(F)n1. The van der Waals surface area contributed by atoms with Crippen molar-refractivity contribution >= 4 is 23.5 Å². The Morgan fingerprint density at radius 3 is 3.24 bits per heavy atom. The highest BCUT2D eigenvalue weighted by atomic mass is 32.2. The molecule has 17 heavy (non-hydrogen) atoms. The zero-order valence-electron chi connectivity index (χ0n) is 9.28. The Morgan fingerprint density at radius 1 is 1.65 bits per heavy atom. The van der Waals surface area contributed by atoms with Crippen molar-refractivity contribution in [3.8, 4) is 0 Å². The molecule has 2 rings (SSSR count). The molecule has 2 heterocycles. The maximum Gasteiger partial charge on any atom is 0.227 e. The average molecular weight is 255 g/mol. The standard InChI is InChI=1S/C11H14FN3OS/c12-9-2-1-3-10(14-9)15-11(16)6-8-7-17-5-4-13-8/h1-3,8,13H,4-7H2,(H,14,15,16). The summed E-state index contributed by atoms with van der Waals surface area (Å²) < 4.78 is 12.8. The van der Waals surface area contributed by atoms with E-state index in [1.54, 1.807) is 6.07 Å². The number of hydrogen-bond donors (Lipinski definition) is 2. The first-order valence-electron chi connectivity index (χ1n) is 5.47. The van der Waals surface area contributed by atoms with Gasteiger partial charge in [0.05, 0.1) is 0 Å². The smallest absolute Gasteiger partial charge is 0.227 e. The molecule has 1 saturated heterocycles. The molecule has 1 aromatic heterocycles. The molecule has 1 amide bonds. The van der Waals surface area contributed by atoms with Crippen LogP contribution < -0.4 is 10.6 Å². The molecule has 0 saturated carbocycles. The van der Waals surface area contributed by atoms with Gasteiger partial charge in [0.15, 0.2) is 0 Å². The van der Waals surface area contributed by atoms with Crippen LogP contribution in [0.15, 0.2) is 18.2 Å². The fraction of sp³-hybridized carbons (Fsp3) is 0.455. The molecule has 1 aliphatic rings. The molecule has 1 aliphatic heterocycles. The predicted octanol–water partition coefficient (Wildman–Crippen LogP) is 1.25. The lowest BCUT2D eigenvalue weighted by Gasteiger charge is -2.22. The Hall–Kier alpha value is -1.14. The quantitative estimate of drug-likeness (QED) is 0.798. The summed E-state index contributed by atoms with van der Waals surface area (Å²) in [6, 6.07) is 4.54. The van der Waals surface area contributed by atoms with E-state index in [2.05, 4.69) is 15.6 Å².